The maximum Gasteiger partial charge on any atom is 0.270 e. The third-order valence-electron chi connectivity index (χ3n) is 6.74. The lowest BCUT2D eigenvalue weighted by atomic mass is 9.84. The van der Waals surface area contributed by atoms with Gasteiger partial charge in [-0.2, -0.15) is 5.10 Å². The Morgan fingerprint density at radius 1 is 1.26 bits per heavy atom. The number of rotatable bonds is 5. The van der Waals surface area contributed by atoms with Crippen molar-refractivity contribution in [1.29, 1.82) is 0 Å². The van der Waals surface area contributed by atoms with E-state index in [9.17, 15) is 4.79 Å². The number of aromatic nitrogens is 3. The van der Waals surface area contributed by atoms with E-state index >= 15 is 0 Å². The van der Waals surface area contributed by atoms with Crippen molar-refractivity contribution in [1.82, 2.24) is 20.1 Å². The van der Waals surface area contributed by atoms with Crippen molar-refractivity contribution < 1.29 is 4.79 Å². The second-order valence-corrected chi connectivity index (χ2v) is 10.5. The van der Waals surface area contributed by atoms with Crippen molar-refractivity contribution in [3.8, 4) is 16.4 Å². The van der Waals surface area contributed by atoms with Gasteiger partial charge < -0.3 is 5.32 Å². The zero-order valence-electron chi connectivity index (χ0n) is 17.4. The van der Waals surface area contributed by atoms with Gasteiger partial charge in [-0.1, -0.05) is 29.6 Å². The van der Waals surface area contributed by atoms with E-state index in [1.807, 2.05) is 24.4 Å². The molecule has 4 atom stereocenters. The number of fused-ring (bicyclic) bond motifs is 2. The van der Waals surface area contributed by atoms with E-state index in [0.717, 1.165) is 28.8 Å². The lowest BCUT2D eigenvalue weighted by Gasteiger charge is -2.28. The summed E-state index contributed by atoms with van der Waals surface area (Å²) in [6.45, 7) is 4.03. The molecule has 1 aromatic carbocycles. The van der Waals surface area contributed by atoms with Crippen LogP contribution in [-0.4, -0.2) is 26.7 Å². The monoisotopic (exact) mass is 474 g/mol. The molecule has 1 N–H and O–H groups in total. The fourth-order valence-corrected chi connectivity index (χ4v) is 6.58. The molecule has 0 spiro atoms. The molecule has 5 nitrogen and oxygen atoms in total. The topological polar surface area (TPSA) is 59.8 Å². The van der Waals surface area contributed by atoms with Crippen LogP contribution in [0.1, 0.15) is 48.8 Å². The predicted octanol–water partition coefficient (Wildman–Crippen LogP) is 6.17. The normalized spacial score (nSPS) is 23.3. The van der Waals surface area contributed by atoms with E-state index in [1.54, 1.807) is 16.8 Å². The van der Waals surface area contributed by atoms with Crippen molar-refractivity contribution in [3.63, 3.8) is 0 Å². The summed E-state index contributed by atoms with van der Waals surface area (Å²) in [5.41, 5.74) is 2.82. The molecule has 2 fully saturated rings. The highest BCUT2D eigenvalue weighted by atomic mass is 35.5. The summed E-state index contributed by atoms with van der Waals surface area (Å²) in [4.78, 5) is 17.9. The van der Waals surface area contributed by atoms with Gasteiger partial charge in [0.05, 0.1) is 16.4 Å². The molecule has 31 heavy (non-hydrogen) atoms. The summed E-state index contributed by atoms with van der Waals surface area (Å²) in [6.07, 6.45) is 5.23. The molecule has 2 bridgehead atoms. The number of hydrogen-bond acceptors (Lipinski definition) is 4. The van der Waals surface area contributed by atoms with Gasteiger partial charge in [-0.05, 0) is 75.1 Å². The number of aryl methyl sites for hydroxylation is 1. The Morgan fingerprint density at radius 3 is 2.81 bits per heavy atom. The molecule has 5 rings (SSSR count). The molecule has 8 heteroatoms. The van der Waals surface area contributed by atoms with Crippen LogP contribution >= 0.6 is 34.5 Å². The van der Waals surface area contributed by atoms with E-state index < -0.39 is 0 Å². The van der Waals surface area contributed by atoms with E-state index in [1.165, 1.54) is 37.0 Å². The molecule has 0 radical (unpaired) electrons. The van der Waals surface area contributed by atoms with Gasteiger partial charge in [0.25, 0.3) is 5.91 Å². The number of nitrogens with one attached hydrogen (secondary N) is 1. The molecule has 3 aromatic rings. The van der Waals surface area contributed by atoms with Crippen molar-refractivity contribution in [2.45, 2.75) is 45.6 Å². The fraction of sp³-hybridized carbons (Fsp3) is 0.435. The fourth-order valence-electron chi connectivity index (χ4n) is 5.28. The summed E-state index contributed by atoms with van der Waals surface area (Å²) >= 11 is 13.8. The maximum absolute atomic E-state index is 13.2. The first-order valence-corrected chi connectivity index (χ1v) is 12.3. The van der Waals surface area contributed by atoms with E-state index in [0.29, 0.717) is 26.8 Å². The van der Waals surface area contributed by atoms with Gasteiger partial charge in [0, 0.05) is 22.0 Å². The van der Waals surface area contributed by atoms with Crippen LogP contribution < -0.4 is 5.32 Å². The van der Waals surface area contributed by atoms with Gasteiger partial charge in [0.15, 0.2) is 0 Å². The number of halogens is 2. The Kier molecular flexibility index (Phi) is 5.57. The largest absolute Gasteiger partial charge is 0.348 e. The zero-order chi connectivity index (χ0) is 21.7. The van der Waals surface area contributed by atoms with Gasteiger partial charge in [-0.25, -0.2) is 9.67 Å². The quantitative estimate of drug-likeness (QED) is 0.481. The molecule has 2 aliphatic rings. The average molecular weight is 475 g/mol. The summed E-state index contributed by atoms with van der Waals surface area (Å²) in [7, 11) is 0. The minimum Gasteiger partial charge on any atom is -0.348 e. The van der Waals surface area contributed by atoms with E-state index in [2.05, 4.69) is 17.3 Å². The van der Waals surface area contributed by atoms with Crippen LogP contribution in [0.3, 0.4) is 0 Å². The minimum absolute atomic E-state index is 0.0999. The molecular weight excluding hydrogens is 451 g/mol. The van der Waals surface area contributed by atoms with Gasteiger partial charge >= 0.3 is 0 Å². The first-order valence-electron chi connectivity index (χ1n) is 10.7. The number of thiazole rings is 1. The average Bonchev–Trinajstić information content (AvgIpc) is 3.51. The van der Waals surface area contributed by atoms with Crippen LogP contribution in [0, 0.1) is 24.7 Å². The highest BCUT2D eigenvalue weighted by Gasteiger charge is 2.42. The second kappa shape index (κ2) is 8.23. The Labute approximate surface area is 195 Å². The van der Waals surface area contributed by atoms with E-state index in [-0.39, 0.29) is 11.9 Å². The maximum atomic E-state index is 13.2. The Hall–Kier alpha value is -1.89. The summed E-state index contributed by atoms with van der Waals surface area (Å²) in [5.74, 6) is 2.10. The third-order valence-corrected chi connectivity index (χ3v) is 8.10. The van der Waals surface area contributed by atoms with Gasteiger partial charge in [-0.3, -0.25) is 4.79 Å². The standard InChI is InChI=1S/C23H24Cl2N4OS/c1-12-7-21(22(30)26-13(2)18-9-14-3-4-15(18)8-14)29(28-12)23-27-20(11-31-23)17-6-5-16(24)10-19(17)25/h5-7,10-11,13-15,18H,3-4,8-9H2,1-2H3,(H,26,30)/t13-,14+,15+,18+/m1/s1. The van der Waals surface area contributed by atoms with Crippen LogP contribution in [0.2, 0.25) is 10.0 Å². The summed E-state index contributed by atoms with van der Waals surface area (Å²) < 4.78 is 1.64. The van der Waals surface area contributed by atoms with Crippen molar-refractivity contribution in [2.75, 3.05) is 0 Å². The molecule has 0 aliphatic heterocycles. The molecule has 2 saturated carbocycles. The molecule has 0 unspecified atom stereocenters. The number of nitrogens with zero attached hydrogens (tertiary/aromatic N) is 3. The van der Waals surface area contributed by atoms with Crippen LogP contribution in [0.25, 0.3) is 16.4 Å². The minimum atomic E-state index is -0.0999. The first kappa shape index (κ1) is 21.0. The van der Waals surface area contributed by atoms with Crippen molar-refractivity contribution in [3.05, 3.63) is 51.1 Å². The smallest absolute Gasteiger partial charge is 0.270 e. The van der Waals surface area contributed by atoms with Gasteiger partial charge in [0.2, 0.25) is 5.13 Å². The van der Waals surface area contributed by atoms with Crippen LogP contribution in [0.4, 0.5) is 0 Å². The summed E-state index contributed by atoms with van der Waals surface area (Å²) in [6, 6.07) is 7.31. The summed E-state index contributed by atoms with van der Waals surface area (Å²) in [5, 5.41) is 11.4. The van der Waals surface area contributed by atoms with Crippen LogP contribution in [0.15, 0.2) is 29.6 Å². The Morgan fingerprint density at radius 2 is 2.10 bits per heavy atom. The SMILES string of the molecule is Cc1cc(C(=O)N[C@H](C)[C@@H]2C[C@H]3CC[C@H]2C3)n(-c2nc(-c3ccc(Cl)cc3Cl)cs2)n1. The molecule has 2 aliphatic carbocycles. The Balaban J connectivity index is 1.38. The predicted molar refractivity (Wildman–Crippen MR) is 125 cm³/mol. The number of benzene rings is 1. The third kappa shape index (κ3) is 4.01. The zero-order valence-corrected chi connectivity index (χ0v) is 19.8. The number of carbonyl (C=O) groups is 1. The first-order chi connectivity index (χ1) is 14.9. The van der Waals surface area contributed by atoms with Crippen LogP contribution in [0.5, 0.6) is 0 Å². The number of amides is 1. The van der Waals surface area contributed by atoms with E-state index in [4.69, 9.17) is 28.2 Å². The molecule has 162 valence electrons. The van der Waals surface area contributed by atoms with Gasteiger partial charge in [0.1, 0.15) is 5.69 Å². The molecular formula is C23H24Cl2N4OS. The molecule has 1 amide bonds. The van der Waals surface area contributed by atoms with Crippen LogP contribution in [-0.2, 0) is 0 Å². The van der Waals surface area contributed by atoms with Crippen molar-refractivity contribution >= 4 is 40.4 Å². The van der Waals surface area contributed by atoms with Crippen molar-refractivity contribution in [2.24, 2.45) is 17.8 Å². The molecule has 0 saturated heterocycles. The Bertz CT molecular complexity index is 1140. The highest BCUT2D eigenvalue weighted by Crippen LogP contribution is 2.49. The number of carbonyl (C=O) groups excluding carboxylic acids is 1. The highest BCUT2D eigenvalue weighted by molar-refractivity contribution is 7.12. The van der Waals surface area contributed by atoms with Gasteiger partial charge in [-0.15, -0.1) is 11.3 Å². The molecule has 2 aromatic heterocycles. The second-order valence-electron chi connectivity index (χ2n) is 8.82. The molecule has 2 heterocycles. The number of hydrogen-bond donors (Lipinski definition) is 1. The lowest BCUT2D eigenvalue weighted by molar-refractivity contribution is 0.0907. The lowest BCUT2D eigenvalue weighted by Crippen LogP contribution is -2.40.